The lowest BCUT2D eigenvalue weighted by Gasteiger charge is -2.34. The topological polar surface area (TPSA) is 105 Å². The average Bonchev–Trinajstić information content (AvgIpc) is 3.78. The lowest BCUT2D eigenvalue weighted by atomic mass is 10.1. The summed E-state index contributed by atoms with van der Waals surface area (Å²) in [4.78, 5) is 31.5. The zero-order valence-electron chi connectivity index (χ0n) is 23.9. The summed E-state index contributed by atoms with van der Waals surface area (Å²) in [7, 11) is 0. The highest BCUT2D eigenvalue weighted by Gasteiger charge is 2.25. The predicted molar refractivity (Wildman–Crippen MR) is 171 cm³/mol. The summed E-state index contributed by atoms with van der Waals surface area (Å²) in [5.74, 6) is 2.28. The van der Waals surface area contributed by atoms with Gasteiger partial charge in [-0.3, -0.25) is 9.69 Å². The van der Waals surface area contributed by atoms with Gasteiger partial charge in [0.25, 0.3) is 5.91 Å². The maximum absolute atomic E-state index is 13.4. The van der Waals surface area contributed by atoms with Crippen molar-refractivity contribution in [1.29, 1.82) is 0 Å². The van der Waals surface area contributed by atoms with Crippen LogP contribution in [-0.4, -0.2) is 69.7 Å². The van der Waals surface area contributed by atoms with E-state index in [-0.39, 0.29) is 18.7 Å². The zero-order chi connectivity index (χ0) is 29.3. The van der Waals surface area contributed by atoms with Crippen LogP contribution < -0.4 is 20.1 Å². The molecule has 12 heteroatoms. The molecule has 5 aromatic rings. The van der Waals surface area contributed by atoms with Crippen LogP contribution in [0.1, 0.15) is 29.9 Å². The van der Waals surface area contributed by atoms with E-state index >= 15 is 0 Å². The molecule has 10 nitrogen and oxygen atoms in total. The van der Waals surface area contributed by atoms with Gasteiger partial charge < -0.3 is 25.0 Å². The number of hydrogen-bond acceptors (Lipinski definition) is 11. The molecule has 220 valence electrons. The van der Waals surface area contributed by atoms with E-state index in [1.165, 1.54) is 16.9 Å². The summed E-state index contributed by atoms with van der Waals surface area (Å²) in [5.41, 5.74) is 7.21. The summed E-state index contributed by atoms with van der Waals surface area (Å²) in [6.45, 7) is 8.19. The number of thiazole rings is 2. The summed E-state index contributed by atoms with van der Waals surface area (Å²) >= 11 is 3.07. The van der Waals surface area contributed by atoms with Gasteiger partial charge in [-0.05, 0) is 49.7 Å². The zero-order valence-corrected chi connectivity index (χ0v) is 25.5. The summed E-state index contributed by atoms with van der Waals surface area (Å²) < 4.78 is 12.1. The smallest absolute Gasteiger partial charge is 0.273 e. The van der Waals surface area contributed by atoms with Gasteiger partial charge in [0.1, 0.15) is 16.5 Å². The van der Waals surface area contributed by atoms with Crippen LogP contribution in [0.25, 0.3) is 20.8 Å². The second-order valence-corrected chi connectivity index (χ2v) is 12.6. The van der Waals surface area contributed by atoms with E-state index in [0.717, 1.165) is 69.1 Å². The fourth-order valence-corrected chi connectivity index (χ4v) is 6.80. The van der Waals surface area contributed by atoms with Gasteiger partial charge >= 0.3 is 0 Å². The van der Waals surface area contributed by atoms with E-state index in [1.54, 1.807) is 11.3 Å². The van der Waals surface area contributed by atoms with Crippen LogP contribution in [0.15, 0.2) is 59.6 Å². The summed E-state index contributed by atoms with van der Waals surface area (Å²) in [6, 6.07) is 14.4. The number of rotatable bonds is 8. The van der Waals surface area contributed by atoms with E-state index in [2.05, 4.69) is 51.5 Å². The Labute approximate surface area is 257 Å². The molecule has 0 aliphatic carbocycles. The van der Waals surface area contributed by atoms with E-state index in [9.17, 15) is 4.79 Å². The van der Waals surface area contributed by atoms with Gasteiger partial charge in [0.15, 0.2) is 11.5 Å². The lowest BCUT2D eigenvalue weighted by molar-refractivity contribution is 0.0623. The number of benzene rings is 2. The van der Waals surface area contributed by atoms with Crippen molar-refractivity contribution in [3.63, 3.8) is 0 Å². The van der Waals surface area contributed by atoms with Crippen molar-refractivity contribution in [2.24, 2.45) is 0 Å². The number of anilines is 3. The number of nitrogens with zero attached hydrogens (tertiary/aromatic N) is 5. The fraction of sp³-hybridized carbons (Fsp3) is 0.290. The molecule has 7 rings (SSSR count). The molecule has 5 heterocycles. The second-order valence-electron chi connectivity index (χ2n) is 10.9. The van der Waals surface area contributed by atoms with Gasteiger partial charge in [-0.2, -0.15) is 0 Å². The van der Waals surface area contributed by atoms with Crippen LogP contribution in [0, 0.1) is 0 Å². The van der Waals surface area contributed by atoms with Crippen molar-refractivity contribution in [2.75, 3.05) is 43.6 Å². The first kappa shape index (κ1) is 27.6. The van der Waals surface area contributed by atoms with Crippen LogP contribution in [0.3, 0.4) is 0 Å². The third kappa shape index (κ3) is 5.99. The second kappa shape index (κ2) is 11.8. The molecule has 1 amide bonds. The number of ether oxygens (including phenoxy) is 2. The van der Waals surface area contributed by atoms with E-state index < -0.39 is 0 Å². The molecule has 2 N–H and O–H groups in total. The molecule has 2 aliphatic heterocycles. The van der Waals surface area contributed by atoms with Crippen molar-refractivity contribution < 1.29 is 14.3 Å². The summed E-state index contributed by atoms with van der Waals surface area (Å²) in [5, 5.41) is 9.55. The van der Waals surface area contributed by atoms with Gasteiger partial charge in [-0.1, -0.05) is 6.07 Å². The van der Waals surface area contributed by atoms with Crippen molar-refractivity contribution >= 4 is 56.0 Å². The molecule has 2 aliphatic rings. The van der Waals surface area contributed by atoms with Crippen LogP contribution in [0.4, 0.5) is 17.2 Å². The number of amides is 1. The third-order valence-electron chi connectivity index (χ3n) is 7.41. The quantitative estimate of drug-likeness (QED) is 0.216. The molecule has 0 atom stereocenters. The Hall–Kier alpha value is -4.26. The molecule has 0 unspecified atom stereocenters. The van der Waals surface area contributed by atoms with Crippen molar-refractivity contribution in [2.45, 2.75) is 26.4 Å². The first-order valence-corrected chi connectivity index (χ1v) is 16.0. The van der Waals surface area contributed by atoms with Gasteiger partial charge in [-0.15, -0.1) is 22.7 Å². The lowest BCUT2D eigenvalue weighted by Crippen LogP contribution is -2.48. The van der Waals surface area contributed by atoms with Crippen LogP contribution >= 0.6 is 22.7 Å². The minimum Gasteiger partial charge on any atom is -0.454 e. The summed E-state index contributed by atoms with van der Waals surface area (Å²) in [6.07, 6.45) is 1.82. The number of pyridine rings is 1. The average molecular weight is 614 g/mol. The van der Waals surface area contributed by atoms with Gasteiger partial charge in [-0.25, -0.2) is 15.0 Å². The van der Waals surface area contributed by atoms with E-state index in [4.69, 9.17) is 14.5 Å². The molecule has 43 heavy (non-hydrogen) atoms. The largest absolute Gasteiger partial charge is 0.454 e. The highest BCUT2D eigenvalue weighted by molar-refractivity contribution is 7.16. The number of hydrogen-bond donors (Lipinski definition) is 2. The highest BCUT2D eigenvalue weighted by atomic mass is 32.1. The Bertz CT molecular complexity index is 1780. The first-order chi connectivity index (χ1) is 21.0. The van der Waals surface area contributed by atoms with Gasteiger partial charge in [0, 0.05) is 67.8 Å². The number of nitrogens with one attached hydrogen (secondary N) is 2. The van der Waals surface area contributed by atoms with Gasteiger partial charge in [0.05, 0.1) is 21.3 Å². The molecule has 0 saturated carbocycles. The Kier molecular flexibility index (Phi) is 7.56. The van der Waals surface area contributed by atoms with Crippen molar-refractivity contribution in [1.82, 2.24) is 24.8 Å². The monoisotopic (exact) mass is 613 g/mol. The Morgan fingerprint density at radius 2 is 1.86 bits per heavy atom. The van der Waals surface area contributed by atoms with Crippen LogP contribution in [0.5, 0.6) is 11.5 Å². The minimum absolute atomic E-state index is 0.0340. The molecular formula is C31H31N7O3S2. The molecule has 0 spiro atoms. The Morgan fingerprint density at radius 1 is 1.00 bits per heavy atom. The number of fused-ring (bicyclic) bond motifs is 2. The molecule has 0 radical (unpaired) electrons. The number of piperazine rings is 1. The van der Waals surface area contributed by atoms with Gasteiger partial charge in [0.2, 0.25) is 6.79 Å². The Balaban J connectivity index is 1.02. The first-order valence-electron chi connectivity index (χ1n) is 14.2. The van der Waals surface area contributed by atoms with Crippen molar-refractivity contribution in [3.8, 4) is 22.1 Å². The van der Waals surface area contributed by atoms with E-state index in [0.29, 0.717) is 18.8 Å². The van der Waals surface area contributed by atoms with E-state index in [1.807, 2.05) is 52.3 Å². The molecule has 1 saturated heterocycles. The highest BCUT2D eigenvalue weighted by Crippen LogP contribution is 2.35. The van der Waals surface area contributed by atoms with Crippen molar-refractivity contribution in [3.05, 3.63) is 70.8 Å². The van der Waals surface area contributed by atoms with Crippen LogP contribution in [-0.2, 0) is 6.54 Å². The Morgan fingerprint density at radius 3 is 2.72 bits per heavy atom. The number of aromatic nitrogens is 3. The molecule has 1 fully saturated rings. The third-order valence-corrected chi connectivity index (χ3v) is 9.08. The normalized spacial score (nSPS) is 14.9. The fourth-order valence-electron chi connectivity index (χ4n) is 5.27. The number of carbonyl (C=O) groups excluding carboxylic acids is 1. The SMILES string of the molecule is CC(C)Nc1cc(Nc2ccc3ncsc3c2)ncc1-c1nc(C(=O)N2CCN(Cc3ccc4c(c3)OCO4)CC2)cs1. The molecule has 2 aromatic carbocycles. The predicted octanol–water partition coefficient (Wildman–Crippen LogP) is 6.07. The van der Waals surface area contributed by atoms with Crippen LogP contribution in [0.2, 0.25) is 0 Å². The molecular weight excluding hydrogens is 583 g/mol. The molecule has 0 bridgehead atoms. The molecule has 3 aromatic heterocycles. The maximum atomic E-state index is 13.4. The number of carbonyl (C=O) groups is 1. The maximum Gasteiger partial charge on any atom is 0.273 e. The standard InChI is InChI=1S/C31H31N7O3S2/c1-19(2)34-24-13-29(35-21-4-5-23-28(12-21)43-17-33-23)32-14-22(24)30-36-25(16-42-30)31(39)38-9-7-37(8-10-38)15-20-3-6-26-27(11-20)41-18-40-26/h3-6,11-14,16-17,19H,7-10,15,18H2,1-2H3,(H2,32,34,35). The minimum atomic E-state index is -0.0340.